The maximum atomic E-state index is 13.0. The van der Waals surface area contributed by atoms with Gasteiger partial charge >= 0.3 is 0 Å². The lowest BCUT2D eigenvalue weighted by molar-refractivity contribution is -0.0464. The Balaban J connectivity index is 1.61. The summed E-state index contributed by atoms with van der Waals surface area (Å²) in [7, 11) is 0. The molecule has 0 aromatic heterocycles. The first-order chi connectivity index (χ1) is 9.05. The van der Waals surface area contributed by atoms with E-state index in [1.54, 1.807) is 12.1 Å². The average Bonchev–Trinajstić information content (AvgIpc) is 2.38. The van der Waals surface area contributed by atoms with Crippen molar-refractivity contribution in [1.82, 2.24) is 5.32 Å². The molecule has 1 N–H and O–H groups in total. The van der Waals surface area contributed by atoms with Gasteiger partial charge in [0.15, 0.2) is 0 Å². The number of benzene rings is 1. The molecule has 106 valence electrons. The van der Waals surface area contributed by atoms with Crippen LogP contribution < -0.4 is 5.32 Å². The fraction of sp³-hybridized carbons (Fsp3) is 0.600. The second-order valence-corrected chi connectivity index (χ2v) is 5.39. The van der Waals surface area contributed by atoms with Crippen molar-refractivity contribution in [1.29, 1.82) is 0 Å². The van der Waals surface area contributed by atoms with E-state index >= 15 is 0 Å². The number of alkyl halides is 2. The molecule has 4 heteroatoms. The minimum absolute atomic E-state index is 0.0373. The first-order valence-electron chi connectivity index (χ1n) is 6.88. The summed E-state index contributed by atoms with van der Waals surface area (Å²) in [5.74, 6) is -2.25. The molecule has 2 rings (SSSR count). The largest absolute Gasteiger partial charge is 0.313 e. The van der Waals surface area contributed by atoms with Crippen molar-refractivity contribution >= 4 is 0 Å². The van der Waals surface area contributed by atoms with Gasteiger partial charge in [0.05, 0.1) is 0 Å². The van der Waals surface area contributed by atoms with E-state index in [2.05, 4.69) is 5.32 Å². The Hall–Kier alpha value is -1.03. The van der Waals surface area contributed by atoms with Crippen LogP contribution in [0, 0.1) is 11.7 Å². The molecule has 0 spiro atoms. The summed E-state index contributed by atoms with van der Waals surface area (Å²) in [5.41, 5.74) is 1.04. The van der Waals surface area contributed by atoms with Gasteiger partial charge in [0.2, 0.25) is 5.92 Å². The lowest BCUT2D eigenvalue weighted by Gasteiger charge is -2.28. The first-order valence-corrected chi connectivity index (χ1v) is 6.88. The van der Waals surface area contributed by atoms with Gasteiger partial charge in [-0.3, -0.25) is 0 Å². The van der Waals surface area contributed by atoms with Crippen LogP contribution in [0.25, 0.3) is 0 Å². The molecular formula is C15H20F3N. The summed E-state index contributed by atoms with van der Waals surface area (Å²) in [6.07, 6.45) is 2.28. The second-order valence-electron chi connectivity index (χ2n) is 5.39. The quantitative estimate of drug-likeness (QED) is 0.794. The van der Waals surface area contributed by atoms with E-state index in [0.717, 1.165) is 18.5 Å². The summed E-state index contributed by atoms with van der Waals surface area (Å²) in [6, 6.07) is 6.40. The number of halogens is 3. The van der Waals surface area contributed by atoms with E-state index in [4.69, 9.17) is 0 Å². The van der Waals surface area contributed by atoms with E-state index in [1.807, 2.05) is 0 Å². The van der Waals surface area contributed by atoms with E-state index < -0.39 is 5.92 Å². The number of hydrogen-bond acceptors (Lipinski definition) is 1. The Labute approximate surface area is 112 Å². The Morgan fingerprint density at radius 3 is 2.37 bits per heavy atom. The normalized spacial score (nSPS) is 19.5. The van der Waals surface area contributed by atoms with Crippen LogP contribution in [0.15, 0.2) is 24.3 Å². The average molecular weight is 271 g/mol. The molecule has 0 bridgehead atoms. The first kappa shape index (κ1) is 14.4. The molecule has 1 saturated carbocycles. The van der Waals surface area contributed by atoms with Gasteiger partial charge in [-0.25, -0.2) is 13.2 Å². The highest BCUT2D eigenvalue weighted by Gasteiger charge is 2.34. The van der Waals surface area contributed by atoms with E-state index in [0.29, 0.717) is 25.3 Å². The fourth-order valence-corrected chi connectivity index (χ4v) is 2.53. The third-order valence-corrected chi connectivity index (χ3v) is 3.81. The SMILES string of the molecule is Fc1ccc(CNCCC2CCC(F)(F)CC2)cc1. The Morgan fingerprint density at radius 2 is 1.74 bits per heavy atom. The van der Waals surface area contributed by atoms with Gasteiger partial charge in [0.25, 0.3) is 0 Å². The van der Waals surface area contributed by atoms with Gasteiger partial charge in [-0.15, -0.1) is 0 Å². The Bertz CT molecular complexity index is 379. The molecule has 0 radical (unpaired) electrons. The second kappa shape index (κ2) is 6.42. The number of hydrogen-bond donors (Lipinski definition) is 1. The molecule has 0 atom stereocenters. The smallest absolute Gasteiger partial charge is 0.248 e. The number of nitrogens with one attached hydrogen (secondary N) is 1. The lowest BCUT2D eigenvalue weighted by Crippen LogP contribution is -2.26. The zero-order chi connectivity index (χ0) is 13.7. The van der Waals surface area contributed by atoms with Gasteiger partial charge in [-0.1, -0.05) is 12.1 Å². The van der Waals surface area contributed by atoms with Crippen molar-refractivity contribution in [3.63, 3.8) is 0 Å². The van der Waals surface area contributed by atoms with Crippen molar-refractivity contribution in [3.05, 3.63) is 35.6 Å². The third kappa shape index (κ3) is 4.86. The summed E-state index contributed by atoms with van der Waals surface area (Å²) in [6.45, 7) is 1.52. The van der Waals surface area contributed by atoms with Crippen molar-refractivity contribution in [3.8, 4) is 0 Å². The van der Waals surface area contributed by atoms with Gasteiger partial charge in [-0.2, -0.15) is 0 Å². The topological polar surface area (TPSA) is 12.0 Å². The molecule has 1 aliphatic carbocycles. The predicted molar refractivity (Wildman–Crippen MR) is 69.6 cm³/mol. The van der Waals surface area contributed by atoms with Crippen LogP contribution in [0.5, 0.6) is 0 Å². The fourth-order valence-electron chi connectivity index (χ4n) is 2.53. The zero-order valence-corrected chi connectivity index (χ0v) is 11.0. The van der Waals surface area contributed by atoms with E-state index in [1.165, 1.54) is 12.1 Å². The number of rotatable bonds is 5. The maximum Gasteiger partial charge on any atom is 0.248 e. The van der Waals surface area contributed by atoms with Crippen LogP contribution in [-0.4, -0.2) is 12.5 Å². The van der Waals surface area contributed by atoms with Crippen LogP contribution in [0.4, 0.5) is 13.2 Å². The molecule has 19 heavy (non-hydrogen) atoms. The van der Waals surface area contributed by atoms with Crippen molar-refractivity contribution in [2.45, 2.75) is 44.6 Å². The molecule has 1 nitrogen and oxygen atoms in total. The molecule has 1 aromatic carbocycles. The van der Waals surface area contributed by atoms with Crippen LogP contribution >= 0.6 is 0 Å². The molecule has 0 heterocycles. The van der Waals surface area contributed by atoms with Crippen LogP contribution in [0.1, 0.15) is 37.7 Å². The van der Waals surface area contributed by atoms with Gasteiger partial charge in [0.1, 0.15) is 5.82 Å². The van der Waals surface area contributed by atoms with E-state index in [-0.39, 0.29) is 18.7 Å². The third-order valence-electron chi connectivity index (χ3n) is 3.81. The Morgan fingerprint density at radius 1 is 1.11 bits per heavy atom. The highest BCUT2D eigenvalue weighted by Crippen LogP contribution is 2.37. The molecule has 0 amide bonds. The Kier molecular flexibility index (Phi) is 4.86. The van der Waals surface area contributed by atoms with Gasteiger partial charge < -0.3 is 5.32 Å². The van der Waals surface area contributed by atoms with Gasteiger partial charge in [0, 0.05) is 19.4 Å². The molecule has 0 unspecified atom stereocenters. The van der Waals surface area contributed by atoms with Crippen LogP contribution in [0.2, 0.25) is 0 Å². The lowest BCUT2D eigenvalue weighted by atomic mass is 9.85. The molecular weight excluding hydrogens is 251 g/mol. The summed E-state index contributed by atoms with van der Waals surface area (Å²) in [5, 5.41) is 3.28. The van der Waals surface area contributed by atoms with Crippen LogP contribution in [0.3, 0.4) is 0 Å². The van der Waals surface area contributed by atoms with Gasteiger partial charge in [-0.05, 0) is 49.4 Å². The standard InChI is InChI=1S/C15H20F3N/c16-14-3-1-13(2-4-14)11-19-10-7-12-5-8-15(17,18)9-6-12/h1-4,12,19H,5-11H2. The molecule has 1 aliphatic rings. The zero-order valence-electron chi connectivity index (χ0n) is 11.0. The van der Waals surface area contributed by atoms with Crippen molar-refractivity contribution in [2.75, 3.05) is 6.54 Å². The predicted octanol–water partition coefficient (Wildman–Crippen LogP) is 4.13. The summed E-state index contributed by atoms with van der Waals surface area (Å²) in [4.78, 5) is 0. The maximum absolute atomic E-state index is 13.0. The summed E-state index contributed by atoms with van der Waals surface area (Å²) >= 11 is 0. The summed E-state index contributed by atoms with van der Waals surface area (Å²) < 4.78 is 38.6. The van der Waals surface area contributed by atoms with Crippen LogP contribution in [-0.2, 0) is 6.54 Å². The molecule has 1 aromatic rings. The van der Waals surface area contributed by atoms with E-state index in [9.17, 15) is 13.2 Å². The minimum Gasteiger partial charge on any atom is -0.313 e. The highest BCUT2D eigenvalue weighted by molar-refractivity contribution is 5.15. The molecule has 1 fully saturated rings. The highest BCUT2D eigenvalue weighted by atomic mass is 19.3. The van der Waals surface area contributed by atoms with Crippen molar-refractivity contribution < 1.29 is 13.2 Å². The molecule has 0 aliphatic heterocycles. The minimum atomic E-state index is -2.43. The molecule has 0 saturated heterocycles. The monoisotopic (exact) mass is 271 g/mol. The van der Waals surface area contributed by atoms with Crippen molar-refractivity contribution in [2.24, 2.45) is 5.92 Å².